The fourth-order valence-corrected chi connectivity index (χ4v) is 4.88. The van der Waals surface area contributed by atoms with Crippen LogP contribution < -0.4 is 15.4 Å². The number of sulfonamides is 1. The first-order valence-corrected chi connectivity index (χ1v) is 11.1. The van der Waals surface area contributed by atoms with Gasteiger partial charge in [0.15, 0.2) is 0 Å². The Morgan fingerprint density at radius 3 is 2.43 bits per heavy atom. The van der Waals surface area contributed by atoms with Crippen LogP contribution in [0.1, 0.15) is 35.7 Å². The summed E-state index contributed by atoms with van der Waals surface area (Å²) in [5.74, 6) is 0.110. The lowest BCUT2D eigenvalue weighted by molar-refractivity contribution is 0.102. The van der Waals surface area contributed by atoms with Gasteiger partial charge in [-0.15, -0.1) is 0 Å². The zero-order valence-electron chi connectivity index (χ0n) is 16.2. The highest BCUT2D eigenvalue weighted by molar-refractivity contribution is 7.89. The quantitative estimate of drug-likeness (QED) is 0.695. The Morgan fingerprint density at radius 1 is 1.11 bits per heavy atom. The largest absolute Gasteiger partial charge is 0.322 e. The van der Waals surface area contributed by atoms with Crippen molar-refractivity contribution < 1.29 is 13.2 Å². The number of aryl methyl sites for hydroxylation is 1. The van der Waals surface area contributed by atoms with E-state index in [-0.39, 0.29) is 16.8 Å². The molecule has 7 heteroatoms. The molecule has 28 heavy (non-hydrogen) atoms. The highest BCUT2D eigenvalue weighted by atomic mass is 32.2. The van der Waals surface area contributed by atoms with Gasteiger partial charge in [0.05, 0.1) is 4.90 Å². The Kier molecular flexibility index (Phi) is 6.49. The molecular formula is C21H27N3O3S. The second kappa shape index (κ2) is 8.86. The number of anilines is 1. The van der Waals surface area contributed by atoms with Crippen LogP contribution in [-0.2, 0) is 10.0 Å². The van der Waals surface area contributed by atoms with Crippen molar-refractivity contribution >= 4 is 21.6 Å². The highest BCUT2D eigenvalue weighted by Gasteiger charge is 2.25. The molecule has 1 amide bonds. The minimum atomic E-state index is -3.61. The summed E-state index contributed by atoms with van der Waals surface area (Å²) in [6, 6.07) is 13.6. The van der Waals surface area contributed by atoms with Crippen molar-refractivity contribution in [2.24, 2.45) is 5.92 Å². The third-order valence-corrected chi connectivity index (χ3v) is 6.78. The molecule has 1 fully saturated rings. The molecule has 0 aromatic heterocycles. The number of rotatable bonds is 6. The Bertz CT molecular complexity index is 923. The van der Waals surface area contributed by atoms with Crippen LogP contribution in [0.25, 0.3) is 0 Å². The van der Waals surface area contributed by atoms with E-state index in [1.165, 1.54) is 6.07 Å². The van der Waals surface area contributed by atoms with Crippen molar-refractivity contribution in [2.45, 2.75) is 37.6 Å². The van der Waals surface area contributed by atoms with E-state index in [1.54, 1.807) is 43.3 Å². The van der Waals surface area contributed by atoms with Crippen LogP contribution in [0.4, 0.5) is 5.69 Å². The molecule has 1 aliphatic rings. The van der Waals surface area contributed by atoms with Gasteiger partial charge >= 0.3 is 0 Å². The number of hydrogen-bond acceptors (Lipinski definition) is 4. The lowest BCUT2D eigenvalue weighted by Crippen LogP contribution is -2.42. The Balaban J connectivity index is 1.71. The van der Waals surface area contributed by atoms with Crippen LogP contribution in [0.2, 0.25) is 0 Å². The van der Waals surface area contributed by atoms with Crippen molar-refractivity contribution in [3.8, 4) is 0 Å². The first-order valence-electron chi connectivity index (χ1n) is 9.57. The normalized spacial score (nSPS) is 16.5. The molecule has 0 spiro atoms. The summed E-state index contributed by atoms with van der Waals surface area (Å²) in [6.45, 7) is 5.56. The average Bonchev–Trinajstić information content (AvgIpc) is 2.70. The van der Waals surface area contributed by atoms with E-state index in [4.69, 9.17) is 0 Å². The summed E-state index contributed by atoms with van der Waals surface area (Å²) in [4.78, 5) is 12.5. The van der Waals surface area contributed by atoms with Gasteiger partial charge in [-0.3, -0.25) is 4.79 Å². The molecule has 3 rings (SSSR count). The molecule has 0 bridgehead atoms. The van der Waals surface area contributed by atoms with Gasteiger partial charge in [0, 0.05) is 17.3 Å². The molecule has 2 aromatic rings. The van der Waals surface area contributed by atoms with Gasteiger partial charge in [0.2, 0.25) is 10.0 Å². The maximum atomic E-state index is 12.8. The summed E-state index contributed by atoms with van der Waals surface area (Å²) >= 11 is 0. The van der Waals surface area contributed by atoms with Crippen molar-refractivity contribution in [3.63, 3.8) is 0 Å². The molecule has 1 heterocycles. The number of hydrogen-bond donors (Lipinski definition) is 3. The molecular weight excluding hydrogens is 374 g/mol. The molecule has 3 N–H and O–H groups in total. The summed E-state index contributed by atoms with van der Waals surface area (Å²) in [6.07, 6.45) is 1.93. The second-order valence-corrected chi connectivity index (χ2v) is 9.01. The number of benzene rings is 2. The van der Waals surface area contributed by atoms with Gasteiger partial charge in [-0.25, -0.2) is 13.1 Å². The minimum Gasteiger partial charge on any atom is -0.322 e. The maximum Gasteiger partial charge on any atom is 0.255 e. The van der Waals surface area contributed by atoms with Gasteiger partial charge in [-0.2, -0.15) is 0 Å². The smallest absolute Gasteiger partial charge is 0.255 e. The monoisotopic (exact) mass is 401 g/mol. The number of amides is 1. The molecule has 1 aliphatic heterocycles. The van der Waals surface area contributed by atoms with E-state index in [1.807, 2.05) is 13.0 Å². The summed E-state index contributed by atoms with van der Waals surface area (Å²) in [5.41, 5.74) is 1.84. The van der Waals surface area contributed by atoms with Crippen LogP contribution >= 0.6 is 0 Å². The van der Waals surface area contributed by atoms with Crippen LogP contribution in [-0.4, -0.2) is 33.5 Å². The zero-order valence-corrected chi connectivity index (χ0v) is 17.1. The van der Waals surface area contributed by atoms with Crippen LogP contribution in [0, 0.1) is 12.8 Å². The zero-order chi connectivity index (χ0) is 20.1. The van der Waals surface area contributed by atoms with Gasteiger partial charge in [0.25, 0.3) is 5.91 Å². The fourth-order valence-electron chi connectivity index (χ4n) is 3.48. The Morgan fingerprint density at radius 2 is 1.79 bits per heavy atom. The SMILES string of the molecule is Cc1cc(S(=O)(=O)N[C@H](C)C2CCNCC2)ccc1NC(=O)c1ccccc1. The van der Waals surface area contributed by atoms with Crippen molar-refractivity contribution in [2.75, 3.05) is 18.4 Å². The van der Waals surface area contributed by atoms with Crippen LogP contribution in [0.5, 0.6) is 0 Å². The molecule has 6 nitrogen and oxygen atoms in total. The molecule has 0 radical (unpaired) electrons. The molecule has 1 saturated heterocycles. The number of carbonyl (C=O) groups excluding carboxylic acids is 1. The summed E-state index contributed by atoms with van der Waals surface area (Å²) in [5, 5.41) is 6.13. The van der Waals surface area contributed by atoms with E-state index in [0.29, 0.717) is 22.7 Å². The van der Waals surface area contributed by atoms with Gasteiger partial charge < -0.3 is 10.6 Å². The topological polar surface area (TPSA) is 87.3 Å². The minimum absolute atomic E-state index is 0.120. The standard InChI is InChI=1S/C21H27N3O3S/c1-15-14-19(28(26,27)24-16(2)17-10-12-22-13-11-17)8-9-20(15)23-21(25)18-6-4-3-5-7-18/h3-9,14,16-17,22,24H,10-13H2,1-2H3,(H,23,25)/t16-/m1/s1. The number of piperidine rings is 1. The van der Waals surface area contributed by atoms with E-state index in [0.717, 1.165) is 25.9 Å². The Labute approximate surface area is 166 Å². The van der Waals surface area contributed by atoms with Crippen molar-refractivity contribution in [1.82, 2.24) is 10.0 Å². The Hall–Kier alpha value is -2.22. The van der Waals surface area contributed by atoms with E-state index in [9.17, 15) is 13.2 Å². The number of nitrogens with one attached hydrogen (secondary N) is 3. The van der Waals surface area contributed by atoms with Crippen LogP contribution in [0.3, 0.4) is 0 Å². The summed E-state index contributed by atoms with van der Waals surface area (Å²) in [7, 11) is -3.61. The molecule has 150 valence electrons. The molecule has 0 saturated carbocycles. The first-order chi connectivity index (χ1) is 13.4. The molecule has 1 atom stereocenters. The first kappa shape index (κ1) is 20.5. The van der Waals surface area contributed by atoms with E-state index >= 15 is 0 Å². The fraction of sp³-hybridized carbons (Fsp3) is 0.381. The molecule has 2 aromatic carbocycles. The van der Waals surface area contributed by atoms with Gasteiger partial charge in [-0.05, 0) is 81.6 Å². The van der Waals surface area contributed by atoms with Gasteiger partial charge in [0.1, 0.15) is 0 Å². The van der Waals surface area contributed by atoms with E-state index < -0.39 is 10.0 Å². The molecule has 0 aliphatic carbocycles. The van der Waals surface area contributed by atoms with Crippen molar-refractivity contribution in [3.05, 3.63) is 59.7 Å². The average molecular weight is 402 g/mol. The van der Waals surface area contributed by atoms with E-state index in [2.05, 4.69) is 15.4 Å². The second-order valence-electron chi connectivity index (χ2n) is 7.29. The predicted molar refractivity (Wildman–Crippen MR) is 111 cm³/mol. The lowest BCUT2D eigenvalue weighted by Gasteiger charge is -2.28. The third kappa shape index (κ3) is 4.98. The summed E-state index contributed by atoms with van der Waals surface area (Å²) < 4.78 is 28.4. The molecule has 0 unspecified atom stereocenters. The predicted octanol–water partition coefficient (Wildman–Crippen LogP) is 2.91. The van der Waals surface area contributed by atoms with Crippen LogP contribution in [0.15, 0.2) is 53.4 Å². The number of carbonyl (C=O) groups is 1. The lowest BCUT2D eigenvalue weighted by atomic mass is 9.92. The highest BCUT2D eigenvalue weighted by Crippen LogP contribution is 2.22. The maximum absolute atomic E-state index is 12.8. The van der Waals surface area contributed by atoms with Crippen molar-refractivity contribution in [1.29, 1.82) is 0 Å². The van der Waals surface area contributed by atoms with Gasteiger partial charge in [-0.1, -0.05) is 18.2 Å². The third-order valence-electron chi connectivity index (χ3n) is 5.22.